The third kappa shape index (κ3) is 8.42. The molecule has 110 valence electrons. The van der Waals surface area contributed by atoms with E-state index >= 15 is 0 Å². The molecule has 18 heavy (non-hydrogen) atoms. The van der Waals surface area contributed by atoms with Gasteiger partial charge in [-0.1, -0.05) is 59.3 Å². The summed E-state index contributed by atoms with van der Waals surface area (Å²) < 4.78 is 5.17. The minimum atomic E-state index is -2.21. The fourth-order valence-electron chi connectivity index (χ4n) is 2.44. The first-order valence-electron chi connectivity index (χ1n) is 7.41. The monoisotopic (exact) mass is 278 g/mol. The van der Waals surface area contributed by atoms with Crippen LogP contribution >= 0.6 is 8.60 Å². The van der Waals surface area contributed by atoms with E-state index in [0.717, 1.165) is 19.3 Å². The van der Waals surface area contributed by atoms with Gasteiger partial charge >= 0.3 is 8.60 Å². The van der Waals surface area contributed by atoms with Crippen molar-refractivity contribution in [2.45, 2.75) is 78.6 Å². The summed E-state index contributed by atoms with van der Waals surface area (Å²) in [6.45, 7) is 7.12. The molecule has 3 nitrogen and oxygen atoms in total. The zero-order valence-corrected chi connectivity index (χ0v) is 13.2. The van der Waals surface area contributed by atoms with E-state index in [1.807, 2.05) is 0 Å². The fourth-order valence-corrected chi connectivity index (χ4v) is 2.83. The molecule has 0 saturated heterocycles. The quantitative estimate of drug-likeness (QED) is 0.505. The molecule has 0 radical (unpaired) electrons. The third-order valence-corrected chi connectivity index (χ3v) is 4.03. The van der Waals surface area contributed by atoms with Crippen LogP contribution in [0.4, 0.5) is 0 Å². The van der Waals surface area contributed by atoms with Gasteiger partial charge in [0, 0.05) is 0 Å². The van der Waals surface area contributed by atoms with Gasteiger partial charge in [-0.3, -0.25) is 0 Å². The van der Waals surface area contributed by atoms with Gasteiger partial charge in [0.05, 0.1) is 6.61 Å². The van der Waals surface area contributed by atoms with Crippen molar-refractivity contribution >= 4 is 8.60 Å². The molecule has 0 aromatic rings. The minimum Gasteiger partial charge on any atom is -0.328 e. The van der Waals surface area contributed by atoms with Crippen LogP contribution in [0, 0.1) is 5.41 Å². The number of unbranched alkanes of at least 4 members (excludes halogenated alkanes) is 3. The summed E-state index contributed by atoms with van der Waals surface area (Å²) in [7, 11) is -2.21. The van der Waals surface area contributed by atoms with Crippen LogP contribution in [0.25, 0.3) is 0 Å². The molecule has 0 aromatic heterocycles. The lowest BCUT2D eigenvalue weighted by Crippen LogP contribution is -2.26. The lowest BCUT2D eigenvalue weighted by Gasteiger charge is -2.34. The normalized spacial score (nSPS) is 12.3. The molecule has 0 aliphatic rings. The van der Waals surface area contributed by atoms with Crippen LogP contribution in [0.2, 0.25) is 0 Å². The Balaban J connectivity index is 4.51. The van der Waals surface area contributed by atoms with E-state index in [9.17, 15) is 0 Å². The summed E-state index contributed by atoms with van der Waals surface area (Å²) in [5.74, 6) is 0. The Morgan fingerprint density at radius 3 is 1.50 bits per heavy atom. The Hall–Kier alpha value is 0.310. The first kappa shape index (κ1) is 18.3. The van der Waals surface area contributed by atoms with Gasteiger partial charge in [-0.15, -0.1) is 0 Å². The van der Waals surface area contributed by atoms with E-state index < -0.39 is 8.60 Å². The lowest BCUT2D eigenvalue weighted by atomic mass is 9.75. The van der Waals surface area contributed by atoms with Crippen LogP contribution in [0.15, 0.2) is 0 Å². The summed E-state index contributed by atoms with van der Waals surface area (Å²) in [5, 5.41) is 0. The Kier molecular flexibility index (Phi) is 11.4. The smallest absolute Gasteiger partial charge is 0.327 e. The second-order valence-electron chi connectivity index (χ2n) is 5.34. The first-order valence-corrected chi connectivity index (χ1v) is 8.57. The number of hydrogen-bond donors (Lipinski definition) is 2. The summed E-state index contributed by atoms with van der Waals surface area (Å²) >= 11 is 0. The molecule has 0 fully saturated rings. The number of hydrogen-bond acceptors (Lipinski definition) is 3. The molecule has 4 heteroatoms. The predicted octanol–water partition coefficient (Wildman–Crippen LogP) is 4.77. The average Bonchev–Trinajstić information content (AvgIpc) is 2.37. The van der Waals surface area contributed by atoms with E-state index in [1.54, 1.807) is 0 Å². The second-order valence-corrected chi connectivity index (χ2v) is 6.10. The molecule has 0 heterocycles. The highest BCUT2D eigenvalue weighted by Crippen LogP contribution is 2.40. The Morgan fingerprint density at radius 1 is 0.833 bits per heavy atom. The van der Waals surface area contributed by atoms with Gasteiger partial charge in [-0.05, 0) is 24.7 Å². The summed E-state index contributed by atoms with van der Waals surface area (Å²) in [6.07, 6.45) is 10.6. The van der Waals surface area contributed by atoms with E-state index in [0.29, 0.717) is 6.61 Å². The number of rotatable bonds is 12. The van der Waals surface area contributed by atoms with E-state index in [4.69, 9.17) is 14.3 Å². The Labute approximate surface area is 114 Å². The van der Waals surface area contributed by atoms with Crippen molar-refractivity contribution in [3.05, 3.63) is 0 Å². The van der Waals surface area contributed by atoms with Crippen molar-refractivity contribution in [3.8, 4) is 0 Å². The van der Waals surface area contributed by atoms with Crippen molar-refractivity contribution in [2.24, 2.45) is 5.41 Å². The molecule has 2 N–H and O–H groups in total. The highest BCUT2D eigenvalue weighted by Gasteiger charge is 2.29. The molecular weight excluding hydrogens is 247 g/mol. The van der Waals surface area contributed by atoms with Gasteiger partial charge in [0.1, 0.15) is 0 Å². The van der Waals surface area contributed by atoms with Crippen LogP contribution in [0.5, 0.6) is 0 Å². The van der Waals surface area contributed by atoms with Gasteiger partial charge in [0.15, 0.2) is 0 Å². The maximum absolute atomic E-state index is 8.99. The van der Waals surface area contributed by atoms with Crippen molar-refractivity contribution in [3.63, 3.8) is 0 Å². The predicted molar refractivity (Wildman–Crippen MR) is 78.3 cm³/mol. The van der Waals surface area contributed by atoms with Crippen molar-refractivity contribution in [1.82, 2.24) is 0 Å². The molecule has 0 aromatic carbocycles. The van der Waals surface area contributed by atoms with Gasteiger partial charge in [-0.2, -0.15) is 0 Å². The van der Waals surface area contributed by atoms with E-state index in [1.165, 1.54) is 38.5 Å². The minimum absolute atomic E-state index is 0.161. The first-order chi connectivity index (χ1) is 8.60. The molecule has 0 bridgehead atoms. The van der Waals surface area contributed by atoms with Gasteiger partial charge in [-0.25, -0.2) is 0 Å². The molecular formula is C14H31O3P. The van der Waals surface area contributed by atoms with Gasteiger partial charge < -0.3 is 14.3 Å². The molecule has 0 aliphatic heterocycles. The van der Waals surface area contributed by atoms with E-state index in [-0.39, 0.29) is 5.41 Å². The van der Waals surface area contributed by atoms with Crippen LogP contribution < -0.4 is 0 Å². The van der Waals surface area contributed by atoms with Gasteiger partial charge in [0.2, 0.25) is 0 Å². The Bertz CT molecular complexity index is 164. The SMILES string of the molecule is CCCCC(CCCC)(CCCC)COP(O)O. The topological polar surface area (TPSA) is 49.7 Å². The maximum atomic E-state index is 8.99. The van der Waals surface area contributed by atoms with Crippen molar-refractivity contribution in [1.29, 1.82) is 0 Å². The molecule has 0 spiro atoms. The maximum Gasteiger partial charge on any atom is 0.327 e. The molecule has 0 rings (SSSR count). The average molecular weight is 278 g/mol. The van der Waals surface area contributed by atoms with Crippen LogP contribution in [-0.2, 0) is 4.52 Å². The second kappa shape index (κ2) is 11.2. The fraction of sp³-hybridized carbons (Fsp3) is 1.00. The zero-order chi connectivity index (χ0) is 13.9. The lowest BCUT2D eigenvalue weighted by molar-refractivity contribution is 0.0924. The zero-order valence-electron chi connectivity index (χ0n) is 12.3. The van der Waals surface area contributed by atoms with Crippen molar-refractivity contribution < 1.29 is 14.3 Å². The molecule has 0 atom stereocenters. The summed E-state index contributed by atoms with van der Waals surface area (Å²) in [5.41, 5.74) is 0.161. The highest BCUT2D eigenvalue weighted by molar-refractivity contribution is 7.39. The van der Waals surface area contributed by atoms with Gasteiger partial charge in [0.25, 0.3) is 0 Å². The highest BCUT2D eigenvalue weighted by atomic mass is 31.2. The molecule has 0 amide bonds. The standard InChI is InChI=1S/C14H31O3P/c1-4-7-10-14(11-8-5-2,12-9-6-3)13-17-18(15)16/h15-16H,4-13H2,1-3H3. The summed E-state index contributed by atoms with van der Waals surface area (Å²) in [6, 6.07) is 0. The summed E-state index contributed by atoms with van der Waals surface area (Å²) in [4.78, 5) is 18.0. The van der Waals surface area contributed by atoms with Crippen LogP contribution in [0.1, 0.15) is 78.6 Å². The Morgan fingerprint density at radius 2 is 1.22 bits per heavy atom. The van der Waals surface area contributed by atoms with Crippen LogP contribution in [0.3, 0.4) is 0 Å². The van der Waals surface area contributed by atoms with Crippen molar-refractivity contribution in [2.75, 3.05) is 6.61 Å². The molecule has 0 aliphatic carbocycles. The third-order valence-electron chi connectivity index (χ3n) is 3.67. The van der Waals surface area contributed by atoms with Crippen LogP contribution in [-0.4, -0.2) is 16.4 Å². The molecule has 0 saturated carbocycles. The van der Waals surface area contributed by atoms with E-state index in [2.05, 4.69) is 20.8 Å². The largest absolute Gasteiger partial charge is 0.328 e. The molecule has 0 unspecified atom stereocenters.